The van der Waals surface area contributed by atoms with Gasteiger partial charge in [0.15, 0.2) is 5.82 Å². The Bertz CT molecular complexity index is 400. The summed E-state index contributed by atoms with van der Waals surface area (Å²) < 4.78 is 5.30. The van der Waals surface area contributed by atoms with Gasteiger partial charge in [0.1, 0.15) is 12.0 Å². The molecule has 1 fully saturated rings. The molecule has 2 unspecified atom stereocenters. The molecule has 1 aromatic rings. The molecule has 1 heterocycles. The summed E-state index contributed by atoms with van der Waals surface area (Å²) >= 11 is 0. The minimum atomic E-state index is -0.216. The average molecular weight is 252 g/mol. The molecule has 1 aliphatic carbocycles. The van der Waals surface area contributed by atoms with Crippen molar-refractivity contribution >= 4 is 11.5 Å². The fourth-order valence-corrected chi connectivity index (χ4v) is 2.26. The Morgan fingerprint density at radius 1 is 1.50 bits per heavy atom. The number of aliphatic hydroxyl groups excluding tert-OH is 1. The monoisotopic (exact) mass is 252 g/mol. The van der Waals surface area contributed by atoms with Gasteiger partial charge in [-0.25, -0.2) is 4.98 Å². The summed E-state index contributed by atoms with van der Waals surface area (Å²) in [5.74, 6) is 1.25. The van der Waals surface area contributed by atoms with Crippen LogP contribution >= 0.6 is 0 Å². The van der Waals surface area contributed by atoms with Crippen molar-refractivity contribution < 1.29 is 9.84 Å². The van der Waals surface area contributed by atoms with Crippen LogP contribution in [0.25, 0.3) is 0 Å². The lowest BCUT2D eigenvalue weighted by atomic mass is 10.1. The first-order valence-corrected chi connectivity index (χ1v) is 6.37. The van der Waals surface area contributed by atoms with Gasteiger partial charge in [0, 0.05) is 12.5 Å². The van der Waals surface area contributed by atoms with E-state index in [4.69, 9.17) is 10.5 Å². The third-order valence-electron chi connectivity index (χ3n) is 3.28. The highest BCUT2D eigenvalue weighted by molar-refractivity contribution is 5.66. The minimum Gasteiger partial charge on any atom is -0.476 e. The molecule has 1 saturated carbocycles. The molecule has 0 bridgehead atoms. The number of hydrogen-bond donors (Lipinski definition) is 3. The molecule has 0 aliphatic heterocycles. The van der Waals surface area contributed by atoms with Gasteiger partial charge in [-0.1, -0.05) is 6.42 Å². The van der Waals surface area contributed by atoms with Gasteiger partial charge in [-0.15, -0.1) is 0 Å². The summed E-state index contributed by atoms with van der Waals surface area (Å²) in [6.45, 7) is 3.07. The third kappa shape index (κ3) is 2.81. The van der Waals surface area contributed by atoms with Crippen molar-refractivity contribution in [3.63, 3.8) is 0 Å². The second-order valence-electron chi connectivity index (χ2n) is 4.51. The van der Waals surface area contributed by atoms with E-state index in [1.807, 2.05) is 6.92 Å². The first-order chi connectivity index (χ1) is 8.72. The van der Waals surface area contributed by atoms with Crippen LogP contribution in [0.3, 0.4) is 0 Å². The number of aliphatic hydroxyl groups is 1. The Balaban J connectivity index is 1.98. The van der Waals surface area contributed by atoms with Crippen molar-refractivity contribution in [1.82, 2.24) is 9.97 Å². The highest BCUT2D eigenvalue weighted by atomic mass is 16.5. The Hall–Kier alpha value is -1.56. The Morgan fingerprint density at radius 3 is 3.00 bits per heavy atom. The molecule has 4 N–H and O–H groups in total. The quantitative estimate of drug-likeness (QED) is 0.724. The molecule has 0 aromatic carbocycles. The number of nitrogen functional groups attached to an aromatic ring is 1. The van der Waals surface area contributed by atoms with Gasteiger partial charge in [-0.3, -0.25) is 0 Å². The summed E-state index contributed by atoms with van der Waals surface area (Å²) in [5, 5.41) is 12.9. The number of anilines is 2. The van der Waals surface area contributed by atoms with Gasteiger partial charge < -0.3 is 20.9 Å². The lowest BCUT2D eigenvalue weighted by molar-refractivity contribution is 0.138. The maximum atomic E-state index is 9.75. The van der Waals surface area contributed by atoms with E-state index in [0.717, 1.165) is 19.3 Å². The van der Waals surface area contributed by atoms with Gasteiger partial charge in [-0.2, -0.15) is 4.98 Å². The summed E-state index contributed by atoms with van der Waals surface area (Å²) in [4.78, 5) is 8.07. The topological polar surface area (TPSA) is 93.3 Å². The van der Waals surface area contributed by atoms with Gasteiger partial charge in [-0.05, 0) is 19.8 Å². The smallest absolute Gasteiger partial charge is 0.242 e. The van der Waals surface area contributed by atoms with Crippen molar-refractivity contribution in [2.45, 2.75) is 32.3 Å². The zero-order valence-corrected chi connectivity index (χ0v) is 10.6. The maximum Gasteiger partial charge on any atom is 0.242 e. The van der Waals surface area contributed by atoms with Gasteiger partial charge in [0.25, 0.3) is 0 Å². The predicted molar refractivity (Wildman–Crippen MR) is 69.5 cm³/mol. The van der Waals surface area contributed by atoms with Crippen LogP contribution in [0.1, 0.15) is 26.2 Å². The molecular formula is C12H20N4O2. The van der Waals surface area contributed by atoms with E-state index in [2.05, 4.69) is 15.3 Å². The highest BCUT2D eigenvalue weighted by Gasteiger charge is 2.25. The zero-order valence-electron chi connectivity index (χ0n) is 10.6. The molecule has 1 aromatic heterocycles. The van der Waals surface area contributed by atoms with Gasteiger partial charge in [0.05, 0.1) is 12.7 Å². The molecule has 2 atom stereocenters. The van der Waals surface area contributed by atoms with Crippen LogP contribution in [0.4, 0.5) is 11.5 Å². The number of nitrogens with one attached hydrogen (secondary N) is 1. The largest absolute Gasteiger partial charge is 0.476 e. The summed E-state index contributed by atoms with van der Waals surface area (Å²) in [5.41, 5.74) is 6.34. The van der Waals surface area contributed by atoms with E-state index in [1.165, 1.54) is 6.33 Å². The number of hydrogen-bond acceptors (Lipinski definition) is 6. The van der Waals surface area contributed by atoms with E-state index in [9.17, 15) is 5.11 Å². The summed E-state index contributed by atoms with van der Waals surface area (Å²) in [6.07, 6.45) is 4.21. The molecule has 18 heavy (non-hydrogen) atoms. The lowest BCUT2D eigenvalue weighted by Crippen LogP contribution is -2.22. The number of ether oxygens (including phenoxy) is 1. The second kappa shape index (κ2) is 5.86. The summed E-state index contributed by atoms with van der Waals surface area (Å²) in [7, 11) is 0. The molecule has 6 heteroatoms. The van der Waals surface area contributed by atoms with Crippen molar-refractivity contribution in [2.75, 3.05) is 24.2 Å². The fourth-order valence-electron chi connectivity index (χ4n) is 2.26. The van der Waals surface area contributed by atoms with Gasteiger partial charge in [0.2, 0.25) is 5.88 Å². The number of aromatic nitrogens is 2. The highest BCUT2D eigenvalue weighted by Crippen LogP contribution is 2.28. The van der Waals surface area contributed by atoms with Crippen LogP contribution in [0.5, 0.6) is 5.88 Å². The molecular weight excluding hydrogens is 232 g/mol. The van der Waals surface area contributed by atoms with E-state index in [0.29, 0.717) is 30.5 Å². The fraction of sp³-hybridized carbons (Fsp3) is 0.667. The Morgan fingerprint density at radius 2 is 2.33 bits per heavy atom. The molecule has 0 saturated heterocycles. The standard InChI is InChI=1S/C12H20N4O2/c1-2-18-12-10(13)11(15-7-16-12)14-6-8-4-3-5-9(8)17/h7-9,17H,2-6,13H2,1H3,(H,14,15,16). The van der Waals surface area contributed by atoms with Crippen molar-refractivity contribution in [3.05, 3.63) is 6.33 Å². The molecule has 100 valence electrons. The first-order valence-electron chi connectivity index (χ1n) is 6.37. The maximum absolute atomic E-state index is 9.75. The summed E-state index contributed by atoms with van der Waals surface area (Å²) in [6, 6.07) is 0. The van der Waals surface area contributed by atoms with Crippen LogP contribution in [0, 0.1) is 5.92 Å². The van der Waals surface area contributed by atoms with Crippen LogP contribution < -0.4 is 15.8 Å². The van der Waals surface area contributed by atoms with Crippen LogP contribution in [-0.2, 0) is 0 Å². The van der Waals surface area contributed by atoms with E-state index in [1.54, 1.807) is 0 Å². The van der Waals surface area contributed by atoms with E-state index >= 15 is 0 Å². The predicted octanol–water partition coefficient (Wildman–Crippen LogP) is 1.03. The van der Waals surface area contributed by atoms with Gasteiger partial charge >= 0.3 is 0 Å². The van der Waals surface area contributed by atoms with Crippen LogP contribution in [0.15, 0.2) is 6.33 Å². The first kappa shape index (κ1) is 12.9. The number of rotatable bonds is 5. The molecule has 0 radical (unpaired) electrons. The van der Waals surface area contributed by atoms with Crippen molar-refractivity contribution in [2.24, 2.45) is 5.92 Å². The van der Waals surface area contributed by atoms with Crippen molar-refractivity contribution in [1.29, 1.82) is 0 Å². The zero-order chi connectivity index (χ0) is 13.0. The molecule has 2 rings (SSSR count). The number of nitrogens with two attached hydrogens (primary N) is 1. The Labute approximate surface area is 107 Å². The molecule has 6 nitrogen and oxygen atoms in total. The van der Waals surface area contributed by atoms with Crippen LogP contribution in [0.2, 0.25) is 0 Å². The normalized spacial score (nSPS) is 23.0. The third-order valence-corrected chi connectivity index (χ3v) is 3.28. The minimum absolute atomic E-state index is 0.216. The van der Waals surface area contributed by atoms with E-state index < -0.39 is 0 Å². The molecule has 1 aliphatic rings. The number of nitrogens with zero attached hydrogens (tertiary/aromatic N) is 2. The van der Waals surface area contributed by atoms with Crippen LogP contribution in [-0.4, -0.2) is 34.3 Å². The molecule has 0 amide bonds. The Kier molecular flexibility index (Phi) is 4.19. The average Bonchev–Trinajstić information content (AvgIpc) is 2.76. The lowest BCUT2D eigenvalue weighted by Gasteiger charge is -2.16. The van der Waals surface area contributed by atoms with Crippen molar-refractivity contribution in [3.8, 4) is 5.88 Å². The van der Waals surface area contributed by atoms with E-state index in [-0.39, 0.29) is 12.0 Å². The molecule has 0 spiro atoms. The SMILES string of the molecule is CCOc1ncnc(NCC2CCCC2O)c1N. The second-order valence-corrected chi connectivity index (χ2v) is 4.51.